The summed E-state index contributed by atoms with van der Waals surface area (Å²) < 4.78 is 5.31. The molecule has 0 aromatic carbocycles. The van der Waals surface area contributed by atoms with Gasteiger partial charge in [-0.15, -0.1) is 0 Å². The Morgan fingerprint density at radius 2 is 2.00 bits per heavy atom. The van der Waals surface area contributed by atoms with Gasteiger partial charge >= 0.3 is 0 Å². The molecule has 0 aliphatic heterocycles. The molecule has 0 radical (unpaired) electrons. The second-order valence-electron chi connectivity index (χ2n) is 4.05. The highest BCUT2D eigenvalue weighted by atomic mass is 35.5. The Labute approximate surface area is 101 Å². The molecule has 0 saturated heterocycles. The van der Waals surface area contributed by atoms with Gasteiger partial charge in [0.1, 0.15) is 11.8 Å². The van der Waals surface area contributed by atoms with Crippen LogP contribution in [0.25, 0.3) is 0 Å². The molecule has 0 saturated carbocycles. The van der Waals surface area contributed by atoms with Crippen molar-refractivity contribution < 1.29 is 4.74 Å². The third-order valence-corrected chi connectivity index (χ3v) is 3.18. The van der Waals surface area contributed by atoms with Crippen LogP contribution in [0.15, 0.2) is 0 Å². The standard InChI is InChI=1S/C12H17ClN2O/c1-2-16-8-11-14-10-7-5-3-4-6-9(10)12(13)15-11/h2-8H2,1H3. The molecule has 0 unspecified atom stereocenters. The van der Waals surface area contributed by atoms with Gasteiger partial charge in [-0.1, -0.05) is 18.0 Å². The fourth-order valence-electron chi connectivity index (χ4n) is 2.03. The first-order valence-electron chi connectivity index (χ1n) is 5.93. The van der Waals surface area contributed by atoms with E-state index in [1.165, 1.54) is 19.3 Å². The van der Waals surface area contributed by atoms with Gasteiger partial charge in [0.2, 0.25) is 0 Å². The van der Waals surface area contributed by atoms with Gasteiger partial charge in [0.15, 0.2) is 5.82 Å². The Balaban J connectivity index is 2.24. The van der Waals surface area contributed by atoms with E-state index in [-0.39, 0.29) is 0 Å². The highest BCUT2D eigenvalue weighted by molar-refractivity contribution is 6.30. The van der Waals surface area contributed by atoms with Crippen molar-refractivity contribution in [2.75, 3.05) is 6.61 Å². The molecule has 0 bridgehead atoms. The van der Waals surface area contributed by atoms with E-state index in [1.807, 2.05) is 6.92 Å². The first-order valence-corrected chi connectivity index (χ1v) is 6.31. The van der Waals surface area contributed by atoms with E-state index in [0.29, 0.717) is 24.2 Å². The quantitative estimate of drug-likeness (QED) is 0.602. The predicted octanol–water partition coefficient (Wildman–Crippen LogP) is 2.94. The zero-order valence-electron chi connectivity index (χ0n) is 9.63. The molecule has 3 nitrogen and oxygen atoms in total. The van der Waals surface area contributed by atoms with Crippen molar-refractivity contribution in [3.8, 4) is 0 Å². The lowest BCUT2D eigenvalue weighted by molar-refractivity contribution is 0.128. The van der Waals surface area contributed by atoms with Crippen LogP contribution in [0.3, 0.4) is 0 Å². The summed E-state index contributed by atoms with van der Waals surface area (Å²) in [7, 11) is 0. The first-order chi connectivity index (χ1) is 7.81. The Bertz CT molecular complexity index is 368. The lowest BCUT2D eigenvalue weighted by atomic mass is 10.1. The fourth-order valence-corrected chi connectivity index (χ4v) is 2.33. The minimum absolute atomic E-state index is 0.462. The van der Waals surface area contributed by atoms with Crippen LogP contribution in [0.1, 0.15) is 43.3 Å². The maximum Gasteiger partial charge on any atom is 0.155 e. The maximum absolute atomic E-state index is 6.19. The molecule has 16 heavy (non-hydrogen) atoms. The normalized spacial score (nSPS) is 15.6. The van der Waals surface area contributed by atoms with Crippen LogP contribution in [-0.2, 0) is 24.2 Å². The van der Waals surface area contributed by atoms with E-state index in [9.17, 15) is 0 Å². The second kappa shape index (κ2) is 5.60. The zero-order chi connectivity index (χ0) is 11.4. The molecule has 1 aliphatic carbocycles. The third-order valence-electron chi connectivity index (χ3n) is 2.86. The molecule has 1 aromatic heterocycles. The van der Waals surface area contributed by atoms with Gasteiger partial charge in [0.25, 0.3) is 0 Å². The lowest BCUT2D eigenvalue weighted by Crippen LogP contribution is -2.06. The number of aromatic nitrogens is 2. The van der Waals surface area contributed by atoms with E-state index in [1.54, 1.807) is 0 Å². The van der Waals surface area contributed by atoms with Gasteiger partial charge in [0, 0.05) is 17.9 Å². The topological polar surface area (TPSA) is 35.0 Å². The minimum Gasteiger partial charge on any atom is -0.374 e. The number of ether oxygens (including phenoxy) is 1. The number of hydrogen-bond donors (Lipinski definition) is 0. The van der Waals surface area contributed by atoms with Crippen LogP contribution >= 0.6 is 11.6 Å². The van der Waals surface area contributed by atoms with Crippen molar-refractivity contribution in [1.82, 2.24) is 9.97 Å². The number of hydrogen-bond acceptors (Lipinski definition) is 3. The molecular weight excluding hydrogens is 224 g/mol. The van der Waals surface area contributed by atoms with Crippen molar-refractivity contribution in [2.24, 2.45) is 0 Å². The molecule has 0 atom stereocenters. The maximum atomic E-state index is 6.19. The first kappa shape index (κ1) is 11.8. The number of halogens is 1. The van der Waals surface area contributed by atoms with Crippen LogP contribution in [0.2, 0.25) is 5.15 Å². The summed E-state index contributed by atoms with van der Waals surface area (Å²) in [6, 6.07) is 0. The van der Waals surface area contributed by atoms with Gasteiger partial charge in [0.05, 0.1) is 0 Å². The highest BCUT2D eigenvalue weighted by Crippen LogP contribution is 2.24. The van der Waals surface area contributed by atoms with Crippen LogP contribution in [0.5, 0.6) is 0 Å². The third kappa shape index (κ3) is 2.71. The van der Waals surface area contributed by atoms with Crippen LogP contribution < -0.4 is 0 Å². The summed E-state index contributed by atoms with van der Waals surface area (Å²) in [5, 5.41) is 0.626. The Kier molecular flexibility index (Phi) is 4.13. The van der Waals surface area contributed by atoms with Crippen LogP contribution in [0.4, 0.5) is 0 Å². The predicted molar refractivity (Wildman–Crippen MR) is 63.6 cm³/mol. The van der Waals surface area contributed by atoms with E-state index in [4.69, 9.17) is 16.3 Å². The highest BCUT2D eigenvalue weighted by Gasteiger charge is 2.15. The van der Waals surface area contributed by atoms with Gasteiger partial charge in [-0.25, -0.2) is 9.97 Å². The average Bonchev–Trinajstić information content (AvgIpc) is 2.51. The summed E-state index contributed by atoms with van der Waals surface area (Å²) in [5.41, 5.74) is 2.28. The summed E-state index contributed by atoms with van der Waals surface area (Å²) in [6.07, 6.45) is 5.70. The lowest BCUT2D eigenvalue weighted by Gasteiger charge is -2.09. The summed E-state index contributed by atoms with van der Waals surface area (Å²) in [6.45, 7) is 3.10. The number of nitrogens with zero attached hydrogens (tertiary/aromatic N) is 2. The monoisotopic (exact) mass is 240 g/mol. The van der Waals surface area contributed by atoms with E-state index < -0.39 is 0 Å². The molecule has 1 aromatic rings. The zero-order valence-corrected chi connectivity index (χ0v) is 10.4. The number of aryl methyl sites for hydroxylation is 1. The van der Waals surface area contributed by atoms with Crippen LogP contribution in [-0.4, -0.2) is 16.6 Å². The van der Waals surface area contributed by atoms with Gasteiger partial charge in [-0.05, 0) is 32.6 Å². The molecule has 1 aliphatic rings. The molecule has 0 fully saturated rings. The number of fused-ring (bicyclic) bond motifs is 1. The second-order valence-corrected chi connectivity index (χ2v) is 4.41. The van der Waals surface area contributed by atoms with E-state index in [2.05, 4.69) is 9.97 Å². The van der Waals surface area contributed by atoms with Crippen LogP contribution in [0, 0.1) is 0 Å². The summed E-state index contributed by atoms with van der Waals surface area (Å²) in [4.78, 5) is 8.85. The smallest absolute Gasteiger partial charge is 0.155 e. The van der Waals surface area contributed by atoms with Crippen molar-refractivity contribution in [1.29, 1.82) is 0 Å². The van der Waals surface area contributed by atoms with Gasteiger partial charge in [-0.3, -0.25) is 0 Å². The van der Waals surface area contributed by atoms with Gasteiger partial charge in [-0.2, -0.15) is 0 Å². The van der Waals surface area contributed by atoms with E-state index >= 15 is 0 Å². The molecule has 0 N–H and O–H groups in total. The van der Waals surface area contributed by atoms with Crippen molar-refractivity contribution in [3.05, 3.63) is 22.2 Å². The molecule has 88 valence electrons. The fraction of sp³-hybridized carbons (Fsp3) is 0.667. The Morgan fingerprint density at radius 3 is 2.81 bits per heavy atom. The Hall–Kier alpha value is -0.670. The molecule has 0 spiro atoms. The SMILES string of the molecule is CCOCc1nc(Cl)c2c(n1)CCCCC2. The molecule has 2 rings (SSSR count). The van der Waals surface area contributed by atoms with Crippen molar-refractivity contribution in [3.63, 3.8) is 0 Å². The number of rotatable bonds is 3. The van der Waals surface area contributed by atoms with Crippen molar-refractivity contribution >= 4 is 11.6 Å². The van der Waals surface area contributed by atoms with Gasteiger partial charge < -0.3 is 4.74 Å². The average molecular weight is 241 g/mol. The largest absolute Gasteiger partial charge is 0.374 e. The Morgan fingerprint density at radius 1 is 1.19 bits per heavy atom. The minimum atomic E-state index is 0.462. The molecule has 0 amide bonds. The van der Waals surface area contributed by atoms with Crippen molar-refractivity contribution in [2.45, 2.75) is 45.6 Å². The molecular formula is C12H17ClN2O. The molecule has 4 heteroatoms. The summed E-state index contributed by atoms with van der Waals surface area (Å²) >= 11 is 6.19. The summed E-state index contributed by atoms with van der Waals surface area (Å²) in [5.74, 6) is 0.715. The van der Waals surface area contributed by atoms with E-state index in [0.717, 1.165) is 24.1 Å². The molecule has 1 heterocycles.